The standard InChI is InChI=1S/C18H17FN2O4S2/c1-3-21-15-9-6-13(25-2)10-16(15)26-18(21)20-17(22)11-27(23,24)14-7-4-12(19)5-8-14/h4-10H,3,11H2,1-2H3. The first-order valence-electron chi connectivity index (χ1n) is 8.07. The normalized spacial score (nSPS) is 12.5. The van der Waals surface area contributed by atoms with Gasteiger partial charge in [-0.1, -0.05) is 11.3 Å². The van der Waals surface area contributed by atoms with E-state index in [0.717, 1.165) is 34.5 Å². The molecule has 0 bridgehead atoms. The molecule has 0 aliphatic carbocycles. The van der Waals surface area contributed by atoms with E-state index >= 15 is 0 Å². The van der Waals surface area contributed by atoms with Gasteiger partial charge in [-0.3, -0.25) is 4.79 Å². The summed E-state index contributed by atoms with van der Waals surface area (Å²) in [6.45, 7) is 2.48. The Morgan fingerprint density at radius 3 is 2.56 bits per heavy atom. The summed E-state index contributed by atoms with van der Waals surface area (Å²) in [7, 11) is -2.32. The number of thiazole rings is 1. The molecule has 27 heavy (non-hydrogen) atoms. The van der Waals surface area contributed by atoms with Crippen molar-refractivity contribution in [1.82, 2.24) is 4.57 Å². The molecule has 0 aliphatic heterocycles. The number of hydrogen-bond acceptors (Lipinski definition) is 5. The molecule has 6 nitrogen and oxygen atoms in total. The van der Waals surface area contributed by atoms with E-state index in [1.807, 2.05) is 29.7 Å². The van der Waals surface area contributed by atoms with Crippen LogP contribution in [0.5, 0.6) is 5.75 Å². The number of sulfone groups is 1. The number of carbonyl (C=O) groups excluding carboxylic acids is 1. The summed E-state index contributed by atoms with van der Waals surface area (Å²) in [5, 5.41) is 0. The summed E-state index contributed by atoms with van der Waals surface area (Å²) >= 11 is 1.28. The fraction of sp³-hybridized carbons (Fsp3) is 0.222. The minimum Gasteiger partial charge on any atom is -0.497 e. The summed E-state index contributed by atoms with van der Waals surface area (Å²) in [6.07, 6.45) is 0. The van der Waals surface area contributed by atoms with E-state index in [4.69, 9.17) is 4.74 Å². The van der Waals surface area contributed by atoms with Gasteiger partial charge in [0.1, 0.15) is 17.3 Å². The Hall–Kier alpha value is -2.52. The Kier molecular flexibility index (Phi) is 5.43. The van der Waals surface area contributed by atoms with Crippen LogP contribution in [-0.4, -0.2) is 31.8 Å². The molecular weight excluding hydrogens is 391 g/mol. The lowest BCUT2D eigenvalue weighted by Crippen LogP contribution is -2.20. The van der Waals surface area contributed by atoms with Crippen LogP contribution in [0.25, 0.3) is 10.2 Å². The van der Waals surface area contributed by atoms with Crippen molar-refractivity contribution < 1.29 is 22.3 Å². The molecular formula is C18H17FN2O4S2. The van der Waals surface area contributed by atoms with Gasteiger partial charge in [-0.2, -0.15) is 4.99 Å². The number of hydrogen-bond donors (Lipinski definition) is 0. The van der Waals surface area contributed by atoms with Crippen LogP contribution in [0.15, 0.2) is 52.4 Å². The maximum atomic E-state index is 13.0. The van der Waals surface area contributed by atoms with Gasteiger partial charge < -0.3 is 9.30 Å². The van der Waals surface area contributed by atoms with Gasteiger partial charge in [0.05, 0.1) is 22.2 Å². The number of amides is 1. The molecule has 0 N–H and O–H groups in total. The number of nitrogens with zero attached hydrogens (tertiary/aromatic N) is 2. The highest BCUT2D eigenvalue weighted by atomic mass is 32.2. The minimum atomic E-state index is -3.89. The second kappa shape index (κ2) is 7.61. The van der Waals surface area contributed by atoms with Gasteiger partial charge in [-0.15, -0.1) is 0 Å². The molecule has 0 saturated heterocycles. The molecule has 0 unspecified atom stereocenters. The van der Waals surface area contributed by atoms with Crippen molar-refractivity contribution in [1.29, 1.82) is 0 Å². The van der Waals surface area contributed by atoms with Crippen molar-refractivity contribution in [2.45, 2.75) is 18.4 Å². The molecule has 1 amide bonds. The summed E-state index contributed by atoms with van der Waals surface area (Å²) < 4.78 is 45.6. The molecule has 0 fully saturated rings. The first-order chi connectivity index (χ1) is 12.8. The molecule has 3 rings (SSSR count). The van der Waals surface area contributed by atoms with Crippen LogP contribution in [0, 0.1) is 5.82 Å². The van der Waals surface area contributed by atoms with Gasteiger partial charge in [0.15, 0.2) is 14.6 Å². The molecule has 1 heterocycles. The number of halogens is 1. The smallest absolute Gasteiger partial charge is 0.263 e. The number of rotatable bonds is 5. The van der Waals surface area contributed by atoms with E-state index in [1.54, 1.807) is 7.11 Å². The monoisotopic (exact) mass is 408 g/mol. The van der Waals surface area contributed by atoms with E-state index in [-0.39, 0.29) is 4.90 Å². The van der Waals surface area contributed by atoms with Gasteiger partial charge in [0, 0.05) is 6.54 Å². The molecule has 1 aromatic heterocycles. The quantitative estimate of drug-likeness (QED) is 0.608. The predicted octanol–water partition coefficient (Wildman–Crippen LogP) is 2.77. The van der Waals surface area contributed by atoms with Gasteiger partial charge >= 0.3 is 0 Å². The lowest BCUT2D eigenvalue weighted by Gasteiger charge is -2.03. The average molecular weight is 408 g/mol. The number of aromatic nitrogens is 1. The van der Waals surface area contributed by atoms with E-state index in [1.165, 1.54) is 11.3 Å². The van der Waals surface area contributed by atoms with E-state index < -0.39 is 27.3 Å². The summed E-state index contributed by atoms with van der Waals surface area (Å²) in [5.74, 6) is -1.42. The lowest BCUT2D eigenvalue weighted by molar-refractivity contribution is -0.115. The van der Waals surface area contributed by atoms with Crippen LogP contribution in [0.1, 0.15) is 6.92 Å². The first kappa shape index (κ1) is 19.2. The Morgan fingerprint density at radius 1 is 1.22 bits per heavy atom. The molecule has 0 spiro atoms. The van der Waals surface area contributed by atoms with Crippen molar-refractivity contribution in [2.75, 3.05) is 12.9 Å². The zero-order valence-corrected chi connectivity index (χ0v) is 16.3. The lowest BCUT2D eigenvalue weighted by atomic mass is 10.3. The van der Waals surface area contributed by atoms with Gasteiger partial charge in [-0.25, -0.2) is 12.8 Å². The van der Waals surface area contributed by atoms with E-state index in [2.05, 4.69) is 4.99 Å². The number of benzene rings is 2. The SMILES string of the molecule is CCn1c(=NC(=O)CS(=O)(=O)c2ccc(F)cc2)sc2cc(OC)ccc21. The summed E-state index contributed by atoms with van der Waals surface area (Å²) in [5.41, 5.74) is 0.885. The summed E-state index contributed by atoms with van der Waals surface area (Å²) in [6, 6.07) is 9.87. The molecule has 0 atom stereocenters. The third-order valence-corrected chi connectivity index (χ3v) is 6.57. The molecule has 0 radical (unpaired) electrons. The van der Waals surface area contributed by atoms with Crippen LogP contribution in [0.4, 0.5) is 4.39 Å². The van der Waals surface area contributed by atoms with Gasteiger partial charge in [-0.05, 0) is 49.4 Å². The number of aryl methyl sites for hydroxylation is 1. The van der Waals surface area contributed by atoms with Crippen LogP contribution in [-0.2, 0) is 21.2 Å². The highest BCUT2D eigenvalue weighted by molar-refractivity contribution is 7.92. The number of carbonyl (C=O) groups is 1. The number of ether oxygens (including phenoxy) is 1. The zero-order valence-electron chi connectivity index (χ0n) is 14.7. The first-order valence-corrected chi connectivity index (χ1v) is 10.5. The van der Waals surface area contributed by atoms with Crippen LogP contribution in [0.3, 0.4) is 0 Å². The van der Waals surface area contributed by atoms with Crippen molar-refractivity contribution >= 4 is 37.3 Å². The van der Waals surface area contributed by atoms with Gasteiger partial charge in [0.25, 0.3) is 5.91 Å². The summed E-state index contributed by atoms with van der Waals surface area (Å²) in [4.78, 5) is 16.6. The second-order valence-corrected chi connectivity index (χ2v) is 8.68. The highest BCUT2D eigenvalue weighted by Gasteiger charge is 2.19. The third-order valence-electron chi connectivity index (χ3n) is 3.91. The van der Waals surface area contributed by atoms with Crippen LogP contribution >= 0.6 is 11.3 Å². The molecule has 0 aliphatic rings. The average Bonchev–Trinajstić information content (AvgIpc) is 2.97. The molecule has 142 valence electrons. The maximum Gasteiger partial charge on any atom is 0.263 e. The van der Waals surface area contributed by atoms with Crippen LogP contribution in [0.2, 0.25) is 0 Å². The highest BCUT2D eigenvalue weighted by Crippen LogP contribution is 2.23. The molecule has 2 aromatic carbocycles. The minimum absolute atomic E-state index is 0.114. The molecule has 3 aromatic rings. The van der Waals surface area contributed by atoms with E-state index in [9.17, 15) is 17.6 Å². The van der Waals surface area contributed by atoms with E-state index in [0.29, 0.717) is 17.1 Å². The van der Waals surface area contributed by atoms with Crippen molar-refractivity contribution in [2.24, 2.45) is 4.99 Å². The van der Waals surface area contributed by atoms with Crippen LogP contribution < -0.4 is 9.54 Å². The van der Waals surface area contributed by atoms with Crippen molar-refractivity contribution in [3.8, 4) is 5.75 Å². The zero-order chi connectivity index (χ0) is 19.6. The maximum absolute atomic E-state index is 13.0. The number of fused-ring (bicyclic) bond motifs is 1. The predicted molar refractivity (Wildman–Crippen MR) is 101 cm³/mol. The Labute approximate surface area is 159 Å². The fourth-order valence-corrected chi connectivity index (χ4v) is 4.84. The topological polar surface area (TPSA) is 77.7 Å². The van der Waals surface area contributed by atoms with Gasteiger partial charge in [0.2, 0.25) is 0 Å². The fourth-order valence-electron chi connectivity index (χ4n) is 2.60. The largest absolute Gasteiger partial charge is 0.497 e. The Balaban J connectivity index is 1.96. The third kappa shape index (κ3) is 4.09. The Bertz CT molecular complexity index is 1160. The Morgan fingerprint density at radius 2 is 1.93 bits per heavy atom. The second-order valence-electron chi connectivity index (χ2n) is 5.68. The van der Waals surface area contributed by atoms with Crippen molar-refractivity contribution in [3.05, 3.63) is 53.1 Å². The van der Waals surface area contributed by atoms with Crippen molar-refractivity contribution in [3.63, 3.8) is 0 Å². The number of methoxy groups -OCH3 is 1. The molecule has 0 saturated carbocycles. The molecule has 9 heteroatoms.